The molecule has 0 aromatic heterocycles. The fourth-order valence-corrected chi connectivity index (χ4v) is 4.30. The number of carbonyl (C=O) groups is 1. The van der Waals surface area contributed by atoms with E-state index in [1.807, 2.05) is 89.2 Å². The molecule has 0 amide bonds. The Morgan fingerprint density at radius 1 is 1.03 bits per heavy atom. The van der Waals surface area contributed by atoms with Gasteiger partial charge in [-0.15, -0.1) is 0 Å². The van der Waals surface area contributed by atoms with Gasteiger partial charge in [-0.2, -0.15) is 0 Å². The van der Waals surface area contributed by atoms with Crippen LogP contribution in [-0.4, -0.2) is 30.9 Å². The minimum Gasteiger partial charge on any atom is -0.497 e. The molecule has 2 atom stereocenters. The third-order valence-corrected chi connectivity index (χ3v) is 6.25. The molecule has 0 fully saturated rings. The fourth-order valence-electron chi connectivity index (χ4n) is 4.30. The molecule has 1 heterocycles. The van der Waals surface area contributed by atoms with Crippen molar-refractivity contribution in [1.82, 2.24) is 0 Å². The van der Waals surface area contributed by atoms with Crippen molar-refractivity contribution in [3.05, 3.63) is 89.0 Å². The Labute approximate surface area is 213 Å². The average molecular weight is 490 g/mol. The van der Waals surface area contributed by atoms with E-state index < -0.39 is 23.8 Å². The van der Waals surface area contributed by atoms with E-state index in [0.29, 0.717) is 12.1 Å². The highest BCUT2D eigenvalue weighted by atomic mass is 16.6. The molecule has 0 aliphatic carbocycles. The van der Waals surface area contributed by atoms with Crippen LogP contribution in [0.4, 0.5) is 5.69 Å². The summed E-state index contributed by atoms with van der Waals surface area (Å²) in [5.41, 5.74) is 3.70. The summed E-state index contributed by atoms with van der Waals surface area (Å²) in [6, 6.07) is 21.3. The Kier molecular flexibility index (Phi) is 7.55. The molecule has 4 rings (SSSR count). The van der Waals surface area contributed by atoms with Gasteiger partial charge in [-0.1, -0.05) is 29.8 Å². The molecular formula is C30H35NO5. The van der Waals surface area contributed by atoms with E-state index in [9.17, 15) is 4.79 Å². The summed E-state index contributed by atoms with van der Waals surface area (Å²) in [5.74, 6) is 1.15. The van der Waals surface area contributed by atoms with Crippen LogP contribution in [0.5, 0.6) is 11.5 Å². The lowest BCUT2D eigenvalue weighted by Gasteiger charge is -2.44. The van der Waals surface area contributed by atoms with Crippen molar-refractivity contribution in [3.63, 3.8) is 0 Å². The maximum atomic E-state index is 13.1. The van der Waals surface area contributed by atoms with Gasteiger partial charge in [0.15, 0.2) is 6.10 Å². The van der Waals surface area contributed by atoms with Gasteiger partial charge in [0.2, 0.25) is 0 Å². The van der Waals surface area contributed by atoms with Crippen LogP contribution >= 0.6 is 0 Å². The molecule has 0 radical (unpaired) electrons. The summed E-state index contributed by atoms with van der Waals surface area (Å²) in [6.45, 7) is 10.4. The molecule has 0 bridgehead atoms. The van der Waals surface area contributed by atoms with E-state index in [1.165, 1.54) is 0 Å². The molecule has 1 aliphatic heterocycles. The van der Waals surface area contributed by atoms with Gasteiger partial charge < -0.3 is 24.3 Å². The number of benzene rings is 3. The topological polar surface area (TPSA) is 66.0 Å². The smallest absolute Gasteiger partial charge is 0.338 e. The summed E-state index contributed by atoms with van der Waals surface area (Å²) in [7, 11) is 1.66. The first-order valence-electron chi connectivity index (χ1n) is 12.3. The summed E-state index contributed by atoms with van der Waals surface area (Å²) < 4.78 is 24.0. The minimum absolute atomic E-state index is 0.0757. The SMILES string of the molecule is COc1ccc(CNc2ccc3c(c2)C(OC(C)C)C(OC(=O)c2ccc(C)cc2)C(C)(C)O3)cc1. The number of hydrogen-bond acceptors (Lipinski definition) is 6. The predicted molar refractivity (Wildman–Crippen MR) is 141 cm³/mol. The van der Waals surface area contributed by atoms with Gasteiger partial charge in [0.25, 0.3) is 0 Å². The molecule has 6 nitrogen and oxygen atoms in total. The molecule has 6 heteroatoms. The van der Waals surface area contributed by atoms with E-state index >= 15 is 0 Å². The van der Waals surface area contributed by atoms with Gasteiger partial charge in [0, 0.05) is 17.8 Å². The number of methoxy groups -OCH3 is 1. The van der Waals surface area contributed by atoms with Crippen LogP contribution in [0.15, 0.2) is 66.7 Å². The normalized spacial score (nSPS) is 18.2. The zero-order chi connectivity index (χ0) is 25.9. The van der Waals surface area contributed by atoms with E-state index in [2.05, 4.69) is 5.32 Å². The number of ether oxygens (including phenoxy) is 4. The van der Waals surface area contributed by atoms with E-state index in [1.54, 1.807) is 19.2 Å². The van der Waals surface area contributed by atoms with Gasteiger partial charge in [-0.25, -0.2) is 4.79 Å². The monoisotopic (exact) mass is 489 g/mol. The van der Waals surface area contributed by atoms with Gasteiger partial charge in [0.1, 0.15) is 23.2 Å². The van der Waals surface area contributed by atoms with E-state index in [4.69, 9.17) is 18.9 Å². The Hall–Kier alpha value is -3.51. The Morgan fingerprint density at radius 2 is 1.72 bits per heavy atom. The largest absolute Gasteiger partial charge is 0.497 e. The number of rotatable bonds is 8. The molecule has 3 aromatic rings. The highest BCUT2D eigenvalue weighted by Crippen LogP contribution is 2.45. The van der Waals surface area contributed by atoms with E-state index in [-0.39, 0.29) is 6.10 Å². The number of carbonyl (C=O) groups excluding carboxylic acids is 1. The molecule has 2 unspecified atom stereocenters. The number of anilines is 1. The first-order chi connectivity index (χ1) is 17.2. The standard InChI is InChI=1S/C30H35NO5/c1-19(2)34-27-25-17-23(31-18-21-9-14-24(33-6)15-10-21)13-16-26(25)36-30(4,5)28(27)35-29(32)22-11-7-20(3)8-12-22/h7-17,19,27-28,31H,18H2,1-6H3. The second kappa shape index (κ2) is 10.6. The molecule has 0 spiro atoms. The van der Waals surface area contributed by atoms with Crippen LogP contribution in [0, 0.1) is 6.92 Å². The Balaban J connectivity index is 1.59. The van der Waals surface area contributed by atoms with Gasteiger partial charge in [-0.05, 0) is 82.6 Å². The second-order valence-electron chi connectivity index (χ2n) is 9.96. The first kappa shape index (κ1) is 25.6. The number of nitrogens with one attached hydrogen (secondary N) is 1. The molecule has 36 heavy (non-hydrogen) atoms. The van der Waals surface area contributed by atoms with Crippen molar-refractivity contribution >= 4 is 11.7 Å². The lowest BCUT2D eigenvalue weighted by atomic mass is 9.87. The summed E-state index contributed by atoms with van der Waals surface area (Å²) in [4.78, 5) is 13.1. The van der Waals surface area contributed by atoms with Crippen molar-refractivity contribution < 1.29 is 23.7 Å². The van der Waals surface area contributed by atoms with Crippen molar-refractivity contribution in [3.8, 4) is 11.5 Å². The quantitative estimate of drug-likeness (QED) is 0.366. The zero-order valence-corrected chi connectivity index (χ0v) is 21.8. The average Bonchev–Trinajstić information content (AvgIpc) is 2.85. The van der Waals surface area contributed by atoms with E-state index in [0.717, 1.165) is 33.9 Å². The van der Waals surface area contributed by atoms with Crippen molar-refractivity contribution in [2.24, 2.45) is 0 Å². The van der Waals surface area contributed by atoms with Crippen molar-refractivity contribution in [1.29, 1.82) is 0 Å². The lowest BCUT2D eigenvalue weighted by molar-refractivity contribution is -0.151. The van der Waals surface area contributed by atoms with Crippen LogP contribution < -0.4 is 14.8 Å². The third kappa shape index (κ3) is 5.82. The third-order valence-electron chi connectivity index (χ3n) is 6.25. The molecule has 3 aromatic carbocycles. The Morgan fingerprint density at radius 3 is 2.36 bits per heavy atom. The lowest BCUT2D eigenvalue weighted by Crippen LogP contribution is -2.52. The Bertz CT molecular complexity index is 1180. The fraction of sp³-hybridized carbons (Fsp3) is 0.367. The highest BCUT2D eigenvalue weighted by molar-refractivity contribution is 5.89. The summed E-state index contributed by atoms with van der Waals surface area (Å²) in [5, 5.41) is 3.47. The predicted octanol–water partition coefficient (Wildman–Crippen LogP) is 6.48. The van der Waals surface area contributed by atoms with Gasteiger partial charge in [-0.3, -0.25) is 0 Å². The summed E-state index contributed by atoms with van der Waals surface area (Å²) >= 11 is 0. The van der Waals surface area contributed by atoms with Gasteiger partial charge >= 0.3 is 5.97 Å². The first-order valence-corrected chi connectivity index (χ1v) is 12.3. The maximum Gasteiger partial charge on any atom is 0.338 e. The molecule has 0 saturated carbocycles. The van der Waals surface area contributed by atoms with Crippen LogP contribution in [-0.2, 0) is 16.0 Å². The minimum atomic E-state index is -0.787. The molecule has 190 valence electrons. The molecule has 1 N–H and O–H groups in total. The number of esters is 1. The van der Waals surface area contributed by atoms with Crippen LogP contribution in [0.25, 0.3) is 0 Å². The van der Waals surface area contributed by atoms with Crippen molar-refractivity contribution in [2.75, 3.05) is 12.4 Å². The maximum absolute atomic E-state index is 13.1. The number of aryl methyl sites for hydroxylation is 1. The molecule has 1 aliphatic rings. The van der Waals surface area contributed by atoms with Crippen molar-refractivity contribution in [2.45, 2.75) is 65.1 Å². The molecular weight excluding hydrogens is 454 g/mol. The van der Waals surface area contributed by atoms with Crippen LogP contribution in [0.2, 0.25) is 0 Å². The molecule has 0 saturated heterocycles. The highest BCUT2D eigenvalue weighted by Gasteiger charge is 2.48. The second-order valence-corrected chi connectivity index (χ2v) is 9.96. The summed E-state index contributed by atoms with van der Waals surface area (Å²) in [6.07, 6.45) is -1.20. The zero-order valence-electron chi connectivity index (χ0n) is 21.8. The van der Waals surface area contributed by atoms with Crippen LogP contribution in [0.1, 0.15) is 60.8 Å². The number of hydrogen-bond donors (Lipinski definition) is 1. The van der Waals surface area contributed by atoms with Gasteiger partial charge in [0.05, 0.1) is 18.8 Å². The number of fused-ring (bicyclic) bond motifs is 1. The van der Waals surface area contributed by atoms with Crippen LogP contribution in [0.3, 0.4) is 0 Å².